The van der Waals surface area contributed by atoms with Gasteiger partial charge in [0.05, 0.1) is 12.1 Å². The molecule has 1 N–H and O–H groups in total. The number of hydrogen-bond donors (Lipinski definition) is 1. The summed E-state index contributed by atoms with van der Waals surface area (Å²) >= 11 is 3.13. The van der Waals surface area contributed by atoms with Gasteiger partial charge in [-0.1, -0.05) is 45.8 Å². The molecule has 0 fully saturated rings. The van der Waals surface area contributed by atoms with E-state index in [1.165, 1.54) is 12.1 Å². The lowest BCUT2D eigenvalue weighted by Gasteiger charge is -2.08. The second kappa shape index (κ2) is 7.87. The molecule has 2 rings (SSSR count). The van der Waals surface area contributed by atoms with E-state index in [-0.39, 0.29) is 12.1 Å². The van der Waals surface area contributed by atoms with Crippen LogP contribution < -0.4 is 5.32 Å². The Bertz CT molecular complexity index is 734. The molecule has 0 aliphatic heterocycles. The van der Waals surface area contributed by atoms with Gasteiger partial charge < -0.3 is 10.1 Å². The smallest absolute Gasteiger partial charge is 0.310 e. The molecule has 1 amide bonds. The third-order valence-corrected chi connectivity index (χ3v) is 3.49. The van der Waals surface area contributed by atoms with Crippen molar-refractivity contribution < 1.29 is 18.7 Å². The first-order valence-electron chi connectivity index (χ1n) is 6.90. The highest BCUT2D eigenvalue weighted by atomic mass is 79.9. The summed E-state index contributed by atoms with van der Waals surface area (Å²) in [6, 6.07) is 11.7. The standard InChI is InChI=1S/C17H15BrFNO3/c1-11-3-2-4-12(7-11)8-17(22)23-10-16(21)20-15-6-5-13(18)9-14(15)19/h2-7,9H,8,10H2,1H3,(H,20,21). The molecule has 0 radical (unpaired) electrons. The first kappa shape index (κ1) is 17.1. The lowest BCUT2D eigenvalue weighted by molar-refractivity contribution is -0.146. The molecule has 0 saturated heterocycles. The molecule has 0 atom stereocenters. The minimum atomic E-state index is -0.594. The van der Waals surface area contributed by atoms with Crippen LogP contribution in [-0.4, -0.2) is 18.5 Å². The maximum Gasteiger partial charge on any atom is 0.310 e. The van der Waals surface area contributed by atoms with Gasteiger partial charge in [-0.15, -0.1) is 0 Å². The van der Waals surface area contributed by atoms with E-state index in [0.717, 1.165) is 11.1 Å². The minimum absolute atomic E-state index is 0.0351. The van der Waals surface area contributed by atoms with Gasteiger partial charge in [0.1, 0.15) is 5.82 Å². The highest BCUT2D eigenvalue weighted by Crippen LogP contribution is 2.19. The van der Waals surface area contributed by atoms with E-state index in [4.69, 9.17) is 4.74 Å². The summed E-state index contributed by atoms with van der Waals surface area (Å²) in [5.74, 6) is -1.68. The first-order chi connectivity index (χ1) is 10.9. The molecular weight excluding hydrogens is 365 g/mol. The van der Waals surface area contributed by atoms with Crippen LogP contribution in [0.2, 0.25) is 0 Å². The molecule has 0 heterocycles. The average Bonchev–Trinajstić information content (AvgIpc) is 2.48. The van der Waals surface area contributed by atoms with Crippen molar-refractivity contribution in [3.63, 3.8) is 0 Å². The number of benzene rings is 2. The van der Waals surface area contributed by atoms with Crippen molar-refractivity contribution in [1.29, 1.82) is 0 Å². The van der Waals surface area contributed by atoms with Crippen LogP contribution in [0.15, 0.2) is 46.9 Å². The molecule has 0 saturated carbocycles. The third-order valence-electron chi connectivity index (χ3n) is 3.00. The van der Waals surface area contributed by atoms with Gasteiger partial charge in [0, 0.05) is 4.47 Å². The van der Waals surface area contributed by atoms with Crippen molar-refractivity contribution in [2.75, 3.05) is 11.9 Å². The van der Waals surface area contributed by atoms with Crippen molar-refractivity contribution >= 4 is 33.5 Å². The van der Waals surface area contributed by atoms with Gasteiger partial charge in [0.15, 0.2) is 6.61 Å². The Morgan fingerprint density at radius 2 is 2.00 bits per heavy atom. The highest BCUT2D eigenvalue weighted by molar-refractivity contribution is 9.10. The lowest BCUT2D eigenvalue weighted by Crippen LogP contribution is -2.22. The molecule has 0 aromatic heterocycles. The molecule has 0 aliphatic rings. The molecule has 2 aromatic rings. The van der Waals surface area contributed by atoms with Crippen molar-refractivity contribution in [2.24, 2.45) is 0 Å². The van der Waals surface area contributed by atoms with E-state index in [2.05, 4.69) is 21.2 Å². The predicted octanol–water partition coefficient (Wildman–Crippen LogP) is 3.62. The Balaban J connectivity index is 1.83. The van der Waals surface area contributed by atoms with Crippen molar-refractivity contribution in [1.82, 2.24) is 0 Å². The Labute approximate surface area is 141 Å². The number of anilines is 1. The Morgan fingerprint density at radius 3 is 2.70 bits per heavy atom. The fourth-order valence-electron chi connectivity index (χ4n) is 1.96. The Morgan fingerprint density at radius 1 is 1.22 bits per heavy atom. The normalized spacial score (nSPS) is 10.2. The SMILES string of the molecule is Cc1cccc(CC(=O)OCC(=O)Nc2ccc(Br)cc2F)c1. The van der Waals surface area contributed by atoms with Gasteiger partial charge in [-0.05, 0) is 30.7 Å². The summed E-state index contributed by atoms with van der Waals surface area (Å²) in [7, 11) is 0. The van der Waals surface area contributed by atoms with Crippen molar-refractivity contribution in [2.45, 2.75) is 13.3 Å². The number of amides is 1. The molecule has 0 aliphatic carbocycles. The lowest BCUT2D eigenvalue weighted by atomic mass is 10.1. The molecule has 0 unspecified atom stereocenters. The van der Waals surface area contributed by atoms with Crippen LogP contribution in [0, 0.1) is 12.7 Å². The molecule has 4 nitrogen and oxygen atoms in total. The van der Waals surface area contributed by atoms with Crippen LogP contribution in [0.5, 0.6) is 0 Å². The topological polar surface area (TPSA) is 55.4 Å². The zero-order valence-electron chi connectivity index (χ0n) is 12.4. The van der Waals surface area contributed by atoms with Gasteiger partial charge in [0.25, 0.3) is 5.91 Å². The van der Waals surface area contributed by atoms with Crippen molar-refractivity contribution in [3.05, 3.63) is 63.9 Å². The van der Waals surface area contributed by atoms with Crippen LogP contribution >= 0.6 is 15.9 Å². The van der Waals surface area contributed by atoms with Crippen molar-refractivity contribution in [3.8, 4) is 0 Å². The predicted molar refractivity (Wildman–Crippen MR) is 88.6 cm³/mol. The number of carbonyl (C=O) groups excluding carboxylic acids is 2. The Hall–Kier alpha value is -2.21. The molecule has 6 heteroatoms. The number of carbonyl (C=O) groups is 2. The molecule has 0 bridgehead atoms. The summed E-state index contributed by atoms with van der Waals surface area (Å²) in [5.41, 5.74) is 1.89. The average molecular weight is 380 g/mol. The number of halogens is 2. The fraction of sp³-hybridized carbons (Fsp3) is 0.176. The molecular formula is C17H15BrFNO3. The second-order valence-corrected chi connectivity index (χ2v) is 5.91. The summed E-state index contributed by atoms with van der Waals surface area (Å²) in [4.78, 5) is 23.4. The maximum atomic E-state index is 13.6. The van der Waals surface area contributed by atoms with Gasteiger partial charge in [-0.2, -0.15) is 0 Å². The van der Waals surface area contributed by atoms with Gasteiger partial charge in [-0.25, -0.2) is 4.39 Å². The summed E-state index contributed by atoms with van der Waals surface area (Å²) in [6.07, 6.45) is 0.0849. The van der Waals surface area contributed by atoms with E-state index in [0.29, 0.717) is 4.47 Å². The number of esters is 1. The summed E-state index contributed by atoms with van der Waals surface area (Å²) in [6.45, 7) is 1.47. The molecule has 2 aromatic carbocycles. The number of nitrogens with one attached hydrogen (secondary N) is 1. The molecule has 120 valence electrons. The van der Waals surface area contributed by atoms with Crippen LogP contribution in [0.4, 0.5) is 10.1 Å². The summed E-state index contributed by atoms with van der Waals surface area (Å²) in [5, 5.41) is 2.35. The third kappa shape index (κ3) is 5.49. The first-order valence-corrected chi connectivity index (χ1v) is 7.69. The quantitative estimate of drug-likeness (QED) is 0.807. The van der Waals surface area contributed by atoms with Crippen LogP contribution in [0.3, 0.4) is 0 Å². The van der Waals surface area contributed by atoms with Gasteiger partial charge in [-0.3, -0.25) is 9.59 Å². The van der Waals surface area contributed by atoms with Crippen LogP contribution in [0.25, 0.3) is 0 Å². The summed E-state index contributed by atoms with van der Waals surface area (Å²) < 4.78 is 19.1. The van der Waals surface area contributed by atoms with E-state index in [9.17, 15) is 14.0 Å². The van der Waals surface area contributed by atoms with Crippen LogP contribution in [0.1, 0.15) is 11.1 Å². The van der Waals surface area contributed by atoms with E-state index in [1.54, 1.807) is 6.07 Å². The highest BCUT2D eigenvalue weighted by Gasteiger charge is 2.11. The zero-order valence-corrected chi connectivity index (χ0v) is 14.0. The van der Waals surface area contributed by atoms with E-state index < -0.39 is 24.3 Å². The maximum absolute atomic E-state index is 13.6. The number of ether oxygens (including phenoxy) is 1. The zero-order chi connectivity index (χ0) is 16.8. The molecule has 0 spiro atoms. The monoisotopic (exact) mass is 379 g/mol. The number of hydrogen-bond acceptors (Lipinski definition) is 3. The largest absolute Gasteiger partial charge is 0.455 e. The van der Waals surface area contributed by atoms with Gasteiger partial charge in [0.2, 0.25) is 0 Å². The Kier molecular flexibility index (Phi) is 5.87. The second-order valence-electron chi connectivity index (χ2n) is 5.00. The molecule has 23 heavy (non-hydrogen) atoms. The fourth-order valence-corrected chi connectivity index (χ4v) is 2.30. The van der Waals surface area contributed by atoms with Crippen LogP contribution in [-0.2, 0) is 20.7 Å². The van der Waals surface area contributed by atoms with Gasteiger partial charge >= 0.3 is 5.97 Å². The number of rotatable bonds is 5. The van der Waals surface area contributed by atoms with E-state index in [1.807, 2.05) is 31.2 Å². The number of aryl methyl sites for hydroxylation is 1. The minimum Gasteiger partial charge on any atom is -0.455 e. The van der Waals surface area contributed by atoms with E-state index >= 15 is 0 Å².